The SMILES string of the molecule is Cc1ccc(CNC(=O)c2ccccc2-c2ccccc2CNC(=O)OCc2ccccc2)c(F)c1. The van der Waals surface area contributed by atoms with Gasteiger partial charge in [-0.05, 0) is 46.9 Å². The van der Waals surface area contributed by atoms with Crippen LogP contribution in [0.25, 0.3) is 11.1 Å². The number of benzene rings is 4. The van der Waals surface area contributed by atoms with Crippen LogP contribution in [0.1, 0.15) is 32.6 Å². The number of nitrogens with one attached hydrogen (secondary N) is 2. The molecule has 4 aromatic rings. The second-order valence-electron chi connectivity index (χ2n) is 8.40. The van der Waals surface area contributed by atoms with E-state index in [1.807, 2.05) is 79.7 Å². The Morgan fingerprint density at radius 3 is 2.19 bits per heavy atom. The van der Waals surface area contributed by atoms with Crippen LogP contribution in [0.3, 0.4) is 0 Å². The molecule has 0 aliphatic heterocycles. The smallest absolute Gasteiger partial charge is 0.407 e. The maximum atomic E-state index is 14.2. The third-order valence-corrected chi connectivity index (χ3v) is 5.76. The summed E-state index contributed by atoms with van der Waals surface area (Å²) in [6.07, 6.45) is -0.528. The molecule has 0 saturated heterocycles. The molecule has 2 amide bonds. The van der Waals surface area contributed by atoms with E-state index in [-0.39, 0.29) is 31.4 Å². The molecule has 0 unspecified atom stereocenters. The summed E-state index contributed by atoms with van der Waals surface area (Å²) in [6, 6.07) is 29.2. The summed E-state index contributed by atoms with van der Waals surface area (Å²) in [4.78, 5) is 25.3. The van der Waals surface area contributed by atoms with Crippen molar-refractivity contribution >= 4 is 12.0 Å². The fourth-order valence-corrected chi connectivity index (χ4v) is 3.86. The lowest BCUT2D eigenvalue weighted by molar-refractivity contribution is 0.0951. The van der Waals surface area contributed by atoms with Crippen molar-refractivity contribution in [3.8, 4) is 11.1 Å². The maximum absolute atomic E-state index is 14.2. The van der Waals surface area contributed by atoms with Crippen LogP contribution < -0.4 is 10.6 Å². The average molecular weight is 483 g/mol. The van der Waals surface area contributed by atoms with Crippen molar-refractivity contribution in [1.82, 2.24) is 10.6 Å². The Kier molecular flexibility index (Phi) is 8.08. The Bertz CT molecular complexity index is 1360. The Balaban J connectivity index is 1.45. The lowest BCUT2D eigenvalue weighted by Crippen LogP contribution is -2.25. The van der Waals surface area contributed by atoms with Gasteiger partial charge in [-0.2, -0.15) is 0 Å². The normalized spacial score (nSPS) is 10.5. The van der Waals surface area contributed by atoms with Gasteiger partial charge in [0.2, 0.25) is 0 Å². The molecule has 0 atom stereocenters. The van der Waals surface area contributed by atoms with Crippen LogP contribution in [0, 0.1) is 12.7 Å². The molecule has 4 aromatic carbocycles. The summed E-state index contributed by atoms with van der Waals surface area (Å²) < 4.78 is 19.5. The average Bonchev–Trinajstić information content (AvgIpc) is 2.91. The van der Waals surface area contributed by atoms with Crippen LogP contribution in [-0.2, 0) is 24.4 Å². The third kappa shape index (κ3) is 6.36. The molecule has 0 fully saturated rings. The van der Waals surface area contributed by atoms with Crippen molar-refractivity contribution < 1.29 is 18.7 Å². The molecule has 0 radical (unpaired) electrons. The van der Waals surface area contributed by atoms with E-state index >= 15 is 0 Å². The third-order valence-electron chi connectivity index (χ3n) is 5.76. The van der Waals surface area contributed by atoms with E-state index in [0.717, 1.165) is 27.8 Å². The van der Waals surface area contributed by atoms with E-state index in [2.05, 4.69) is 10.6 Å². The molecule has 6 heteroatoms. The highest BCUT2D eigenvalue weighted by Gasteiger charge is 2.16. The summed E-state index contributed by atoms with van der Waals surface area (Å²) >= 11 is 0. The predicted molar refractivity (Wildman–Crippen MR) is 138 cm³/mol. The first-order valence-corrected chi connectivity index (χ1v) is 11.7. The van der Waals surface area contributed by atoms with Crippen molar-refractivity contribution in [3.63, 3.8) is 0 Å². The predicted octanol–water partition coefficient (Wildman–Crippen LogP) is 6.16. The number of rotatable bonds is 8. The van der Waals surface area contributed by atoms with Gasteiger partial charge >= 0.3 is 6.09 Å². The summed E-state index contributed by atoms with van der Waals surface area (Å²) in [5.41, 5.74) is 4.97. The number of carbonyl (C=O) groups excluding carboxylic acids is 2. The molecule has 182 valence electrons. The first kappa shape index (κ1) is 24.7. The lowest BCUT2D eigenvalue weighted by atomic mass is 9.95. The van der Waals surface area contributed by atoms with Crippen LogP contribution in [0.2, 0.25) is 0 Å². The van der Waals surface area contributed by atoms with E-state index < -0.39 is 6.09 Å². The van der Waals surface area contributed by atoms with Gasteiger partial charge in [-0.15, -0.1) is 0 Å². The molecule has 36 heavy (non-hydrogen) atoms. The molecule has 0 aliphatic rings. The van der Waals surface area contributed by atoms with Crippen molar-refractivity contribution in [2.45, 2.75) is 26.6 Å². The topological polar surface area (TPSA) is 67.4 Å². The molecular formula is C30H27FN2O3. The lowest BCUT2D eigenvalue weighted by Gasteiger charge is -2.15. The number of hydrogen-bond acceptors (Lipinski definition) is 3. The van der Waals surface area contributed by atoms with E-state index in [0.29, 0.717) is 11.1 Å². The van der Waals surface area contributed by atoms with Gasteiger partial charge in [0.25, 0.3) is 5.91 Å². The van der Waals surface area contributed by atoms with Gasteiger partial charge in [-0.25, -0.2) is 9.18 Å². The molecule has 0 aromatic heterocycles. The minimum absolute atomic E-state index is 0.0791. The summed E-state index contributed by atoms with van der Waals surface area (Å²) in [5.74, 6) is -0.658. The molecule has 4 rings (SSSR count). The molecule has 0 aliphatic carbocycles. The van der Waals surface area contributed by atoms with Crippen LogP contribution in [0.4, 0.5) is 9.18 Å². The zero-order valence-electron chi connectivity index (χ0n) is 20.0. The van der Waals surface area contributed by atoms with Crippen molar-refractivity contribution in [1.29, 1.82) is 0 Å². The van der Waals surface area contributed by atoms with Gasteiger partial charge in [-0.3, -0.25) is 4.79 Å². The molecule has 0 heterocycles. The Morgan fingerprint density at radius 2 is 1.42 bits per heavy atom. The van der Waals surface area contributed by atoms with Crippen LogP contribution >= 0.6 is 0 Å². The number of ether oxygens (including phenoxy) is 1. The second-order valence-corrected chi connectivity index (χ2v) is 8.40. The van der Waals surface area contributed by atoms with Crippen LogP contribution in [-0.4, -0.2) is 12.0 Å². The minimum atomic E-state index is -0.528. The molecule has 0 bridgehead atoms. The number of hydrogen-bond donors (Lipinski definition) is 2. The standard InChI is InChI=1S/C30H27FN2O3/c1-21-15-16-24(28(31)17-21)19-32-29(34)27-14-8-7-13-26(27)25-12-6-5-11-23(25)18-33-30(35)36-20-22-9-3-2-4-10-22/h2-17H,18-20H2,1H3,(H,32,34)(H,33,35). The summed E-state index contributed by atoms with van der Waals surface area (Å²) in [6.45, 7) is 2.31. The number of aryl methyl sites for hydroxylation is 1. The van der Waals surface area contributed by atoms with Crippen molar-refractivity contribution in [3.05, 3.63) is 131 Å². The van der Waals surface area contributed by atoms with Gasteiger partial charge in [0, 0.05) is 24.2 Å². The van der Waals surface area contributed by atoms with E-state index in [1.165, 1.54) is 6.07 Å². The van der Waals surface area contributed by atoms with E-state index in [9.17, 15) is 14.0 Å². The van der Waals surface area contributed by atoms with Crippen LogP contribution in [0.5, 0.6) is 0 Å². The Hall–Kier alpha value is -4.45. The Labute approximate surface area is 209 Å². The van der Waals surface area contributed by atoms with Gasteiger partial charge in [-0.1, -0.05) is 84.9 Å². The highest BCUT2D eigenvalue weighted by Crippen LogP contribution is 2.27. The number of carbonyl (C=O) groups is 2. The zero-order valence-corrected chi connectivity index (χ0v) is 20.0. The number of amides is 2. The Morgan fingerprint density at radius 1 is 0.750 bits per heavy atom. The first-order valence-electron chi connectivity index (χ1n) is 11.7. The van der Waals surface area contributed by atoms with E-state index in [1.54, 1.807) is 18.2 Å². The fourth-order valence-electron chi connectivity index (χ4n) is 3.86. The van der Waals surface area contributed by atoms with Crippen molar-refractivity contribution in [2.75, 3.05) is 0 Å². The first-order chi connectivity index (χ1) is 17.5. The quantitative estimate of drug-likeness (QED) is 0.316. The van der Waals surface area contributed by atoms with Gasteiger partial charge < -0.3 is 15.4 Å². The minimum Gasteiger partial charge on any atom is -0.445 e. The number of alkyl carbamates (subject to hydrolysis) is 1. The highest BCUT2D eigenvalue weighted by molar-refractivity contribution is 6.01. The van der Waals surface area contributed by atoms with E-state index in [4.69, 9.17) is 4.74 Å². The zero-order chi connectivity index (χ0) is 25.3. The van der Waals surface area contributed by atoms with Crippen LogP contribution in [0.15, 0.2) is 97.1 Å². The molecule has 0 saturated carbocycles. The van der Waals surface area contributed by atoms with Gasteiger partial charge in [0.15, 0.2) is 0 Å². The fraction of sp³-hybridized carbons (Fsp3) is 0.133. The van der Waals surface area contributed by atoms with Gasteiger partial charge in [0.05, 0.1) is 0 Å². The highest BCUT2D eigenvalue weighted by atomic mass is 19.1. The second kappa shape index (κ2) is 11.8. The summed E-state index contributed by atoms with van der Waals surface area (Å²) in [5, 5.41) is 5.60. The maximum Gasteiger partial charge on any atom is 0.407 e. The molecule has 5 nitrogen and oxygen atoms in total. The largest absolute Gasteiger partial charge is 0.445 e. The monoisotopic (exact) mass is 482 g/mol. The van der Waals surface area contributed by atoms with Crippen molar-refractivity contribution in [2.24, 2.45) is 0 Å². The molecule has 0 spiro atoms. The summed E-state index contributed by atoms with van der Waals surface area (Å²) in [7, 11) is 0. The molecular weight excluding hydrogens is 455 g/mol. The number of halogens is 1. The molecule has 2 N–H and O–H groups in total. The van der Waals surface area contributed by atoms with Gasteiger partial charge in [0.1, 0.15) is 12.4 Å².